The number of benzene rings is 2. The van der Waals surface area contributed by atoms with E-state index in [-0.39, 0.29) is 12.5 Å². The summed E-state index contributed by atoms with van der Waals surface area (Å²) >= 11 is 0. The predicted octanol–water partition coefficient (Wildman–Crippen LogP) is 3.08. The quantitative estimate of drug-likeness (QED) is 0.802. The van der Waals surface area contributed by atoms with Gasteiger partial charge in [-0.05, 0) is 31.5 Å². The lowest BCUT2D eigenvalue weighted by Crippen LogP contribution is -2.21. The number of hydrogen-bond donors (Lipinski definition) is 1. The summed E-state index contributed by atoms with van der Waals surface area (Å²) in [5.41, 5.74) is 7.99. The van der Waals surface area contributed by atoms with Gasteiger partial charge in [0.15, 0.2) is 6.61 Å². The number of fused-ring (bicyclic) bond motifs is 1. The minimum Gasteiger partial charge on any atom is -0.483 e. The second-order valence-electron chi connectivity index (χ2n) is 5.63. The van der Waals surface area contributed by atoms with Crippen LogP contribution in [0.5, 0.6) is 5.75 Å². The molecule has 0 atom stereocenters. The molecular formula is C19H18N2O3. The highest BCUT2D eigenvalue weighted by atomic mass is 16.5. The van der Waals surface area contributed by atoms with Gasteiger partial charge in [0.25, 0.3) is 11.8 Å². The van der Waals surface area contributed by atoms with Gasteiger partial charge >= 0.3 is 0 Å². The highest BCUT2D eigenvalue weighted by Crippen LogP contribution is 2.25. The van der Waals surface area contributed by atoms with E-state index < -0.39 is 5.91 Å². The number of primary amides is 1. The fraction of sp³-hybridized carbons (Fsp3) is 0.158. The summed E-state index contributed by atoms with van der Waals surface area (Å²) in [5.74, 6) is -0.135. The number of hydrogen-bond acceptors (Lipinski definition) is 3. The molecule has 0 radical (unpaired) electrons. The lowest BCUT2D eigenvalue weighted by atomic mass is 10.1. The zero-order valence-electron chi connectivity index (χ0n) is 13.6. The number of carbonyl (C=O) groups excluding carboxylic acids is 2. The average molecular weight is 322 g/mol. The van der Waals surface area contributed by atoms with Crippen molar-refractivity contribution in [2.24, 2.45) is 5.73 Å². The van der Waals surface area contributed by atoms with E-state index in [1.165, 1.54) is 4.57 Å². The second-order valence-corrected chi connectivity index (χ2v) is 5.63. The standard InChI is InChI=1S/C19H18N2O3/c1-12-7-3-6-10-16(12)24-11-17(22)21-13(2)18(19(20)23)14-8-4-5-9-15(14)21/h3-10H,11H2,1-2H3,(H2,20,23). The van der Waals surface area contributed by atoms with E-state index in [0.29, 0.717) is 27.9 Å². The maximum absolute atomic E-state index is 12.7. The van der Waals surface area contributed by atoms with Gasteiger partial charge in [-0.15, -0.1) is 0 Å². The molecular weight excluding hydrogens is 304 g/mol. The monoisotopic (exact) mass is 322 g/mol. The first-order chi connectivity index (χ1) is 11.5. The number of aryl methyl sites for hydroxylation is 1. The third kappa shape index (κ3) is 2.65. The molecule has 1 amide bonds. The number of nitrogens with zero attached hydrogens (tertiary/aromatic N) is 1. The topological polar surface area (TPSA) is 74.3 Å². The molecule has 1 aromatic heterocycles. The maximum Gasteiger partial charge on any atom is 0.269 e. The molecule has 1 heterocycles. The summed E-state index contributed by atoms with van der Waals surface area (Å²) in [6.07, 6.45) is 0. The third-order valence-electron chi connectivity index (χ3n) is 4.05. The summed E-state index contributed by atoms with van der Waals surface area (Å²) in [7, 11) is 0. The summed E-state index contributed by atoms with van der Waals surface area (Å²) in [6, 6.07) is 14.7. The summed E-state index contributed by atoms with van der Waals surface area (Å²) in [4.78, 5) is 24.4. The molecule has 0 spiro atoms. The van der Waals surface area contributed by atoms with Crippen LogP contribution in [0.15, 0.2) is 48.5 Å². The number of rotatable bonds is 4. The Morgan fingerprint density at radius 2 is 1.71 bits per heavy atom. The maximum atomic E-state index is 12.7. The van der Waals surface area contributed by atoms with Gasteiger partial charge in [-0.1, -0.05) is 36.4 Å². The van der Waals surface area contributed by atoms with Crippen LogP contribution in [0.2, 0.25) is 0 Å². The smallest absolute Gasteiger partial charge is 0.269 e. The molecule has 122 valence electrons. The Labute approximate surface area is 139 Å². The van der Waals surface area contributed by atoms with Gasteiger partial charge in [0, 0.05) is 11.1 Å². The molecule has 0 bridgehead atoms. The highest BCUT2D eigenvalue weighted by Gasteiger charge is 2.21. The van der Waals surface area contributed by atoms with Gasteiger partial charge < -0.3 is 10.5 Å². The fourth-order valence-corrected chi connectivity index (χ4v) is 2.92. The van der Waals surface area contributed by atoms with Crippen LogP contribution >= 0.6 is 0 Å². The van der Waals surface area contributed by atoms with Gasteiger partial charge in [-0.2, -0.15) is 0 Å². The van der Waals surface area contributed by atoms with E-state index >= 15 is 0 Å². The van der Waals surface area contributed by atoms with Gasteiger partial charge in [0.2, 0.25) is 0 Å². The zero-order chi connectivity index (χ0) is 17.3. The van der Waals surface area contributed by atoms with Crippen molar-refractivity contribution in [3.8, 4) is 5.75 Å². The molecule has 0 saturated carbocycles. The number of aromatic nitrogens is 1. The molecule has 2 N–H and O–H groups in total. The van der Waals surface area contributed by atoms with E-state index in [2.05, 4.69) is 0 Å². The van der Waals surface area contributed by atoms with E-state index in [9.17, 15) is 9.59 Å². The first-order valence-corrected chi connectivity index (χ1v) is 7.62. The minimum atomic E-state index is -0.546. The number of carbonyl (C=O) groups is 2. The molecule has 0 aliphatic carbocycles. The summed E-state index contributed by atoms with van der Waals surface area (Å²) in [6.45, 7) is 3.51. The lowest BCUT2D eigenvalue weighted by molar-refractivity contribution is 0.0840. The Morgan fingerprint density at radius 3 is 2.42 bits per heavy atom. The fourth-order valence-electron chi connectivity index (χ4n) is 2.92. The molecule has 3 rings (SSSR count). The van der Waals surface area contributed by atoms with Gasteiger partial charge in [-0.3, -0.25) is 14.2 Å². The molecule has 5 heteroatoms. The van der Waals surface area contributed by atoms with E-state index in [4.69, 9.17) is 10.5 Å². The molecule has 24 heavy (non-hydrogen) atoms. The number of nitrogens with two attached hydrogens (primary N) is 1. The Kier molecular flexibility index (Phi) is 4.08. The van der Waals surface area contributed by atoms with Crippen molar-refractivity contribution in [2.45, 2.75) is 13.8 Å². The first kappa shape index (κ1) is 15.8. The number of ether oxygens (including phenoxy) is 1. The van der Waals surface area contributed by atoms with Crippen LogP contribution in [0.4, 0.5) is 0 Å². The Balaban J connectivity index is 1.97. The number of amides is 1. The molecule has 2 aromatic carbocycles. The normalized spacial score (nSPS) is 10.8. The molecule has 5 nitrogen and oxygen atoms in total. The van der Waals surface area contributed by atoms with Crippen LogP contribution in [-0.2, 0) is 0 Å². The minimum absolute atomic E-state index is 0.122. The van der Waals surface area contributed by atoms with Crippen molar-refractivity contribution in [3.05, 3.63) is 65.4 Å². The predicted molar refractivity (Wildman–Crippen MR) is 92.5 cm³/mol. The zero-order valence-corrected chi connectivity index (χ0v) is 13.6. The molecule has 0 aliphatic rings. The Hall–Kier alpha value is -3.08. The van der Waals surface area contributed by atoms with E-state index in [1.54, 1.807) is 19.1 Å². The Morgan fingerprint density at radius 1 is 1.04 bits per heavy atom. The average Bonchev–Trinajstić information content (AvgIpc) is 2.86. The third-order valence-corrected chi connectivity index (χ3v) is 4.05. The van der Waals surface area contributed by atoms with Crippen LogP contribution in [0.1, 0.15) is 26.4 Å². The SMILES string of the molecule is Cc1ccccc1OCC(=O)n1c(C)c(C(N)=O)c2ccccc21. The molecule has 0 fully saturated rings. The van der Waals surface area contributed by atoms with E-state index in [1.807, 2.05) is 43.3 Å². The van der Waals surface area contributed by atoms with Crippen LogP contribution in [0.3, 0.4) is 0 Å². The van der Waals surface area contributed by atoms with Crippen molar-refractivity contribution >= 4 is 22.7 Å². The van der Waals surface area contributed by atoms with Crippen molar-refractivity contribution in [2.75, 3.05) is 6.61 Å². The van der Waals surface area contributed by atoms with Crippen molar-refractivity contribution in [1.29, 1.82) is 0 Å². The molecule has 0 aliphatic heterocycles. The van der Waals surface area contributed by atoms with Crippen molar-refractivity contribution < 1.29 is 14.3 Å². The molecule has 0 saturated heterocycles. The largest absolute Gasteiger partial charge is 0.483 e. The van der Waals surface area contributed by atoms with Gasteiger partial charge in [0.05, 0.1) is 11.1 Å². The van der Waals surface area contributed by atoms with E-state index in [0.717, 1.165) is 5.56 Å². The first-order valence-electron chi connectivity index (χ1n) is 7.62. The Bertz CT molecular complexity index is 941. The van der Waals surface area contributed by atoms with Crippen LogP contribution in [-0.4, -0.2) is 23.0 Å². The highest BCUT2D eigenvalue weighted by molar-refractivity contribution is 6.10. The van der Waals surface area contributed by atoms with Gasteiger partial charge in [-0.25, -0.2) is 0 Å². The van der Waals surface area contributed by atoms with Crippen molar-refractivity contribution in [3.63, 3.8) is 0 Å². The van der Waals surface area contributed by atoms with Crippen molar-refractivity contribution in [1.82, 2.24) is 4.57 Å². The summed E-state index contributed by atoms with van der Waals surface area (Å²) in [5, 5.41) is 0.673. The summed E-state index contributed by atoms with van der Waals surface area (Å²) < 4.78 is 7.13. The van der Waals surface area contributed by atoms with Crippen LogP contribution in [0.25, 0.3) is 10.9 Å². The second kappa shape index (κ2) is 6.20. The molecule has 0 unspecified atom stereocenters. The van der Waals surface area contributed by atoms with Gasteiger partial charge in [0.1, 0.15) is 5.75 Å². The van der Waals surface area contributed by atoms with Crippen LogP contribution < -0.4 is 10.5 Å². The number of para-hydroxylation sites is 2. The van der Waals surface area contributed by atoms with Crippen LogP contribution in [0, 0.1) is 13.8 Å². The molecule has 3 aromatic rings. The lowest BCUT2D eigenvalue weighted by Gasteiger charge is -2.10.